The summed E-state index contributed by atoms with van der Waals surface area (Å²) in [5, 5.41) is 2.31. The molecule has 0 radical (unpaired) electrons. The summed E-state index contributed by atoms with van der Waals surface area (Å²) >= 11 is 4.71. The van der Waals surface area contributed by atoms with Gasteiger partial charge in [0.05, 0.1) is 13.2 Å². The van der Waals surface area contributed by atoms with E-state index in [1.807, 2.05) is 13.8 Å². The first-order valence-corrected chi connectivity index (χ1v) is 7.29. The summed E-state index contributed by atoms with van der Waals surface area (Å²) in [6.07, 6.45) is 4.64. The molecule has 0 fully saturated rings. The van der Waals surface area contributed by atoms with Crippen molar-refractivity contribution in [3.05, 3.63) is 34.6 Å². The Kier molecular flexibility index (Phi) is 4.65. The van der Waals surface area contributed by atoms with E-state index in [-0.39, 0.29) is 17.7 Å². The van der Waals surface area contributed by atoms with E-state index in [4.69, 9.17) is 22.7 Å². The number of nitrogens with zero attached hydrogens (tertiary/aromatic N) is 1. The standard InChI is InChI=1S/C15H19N3O3S/c1-8-4-5-11-10(9(8)2)6-12(14(20)17-15(16)22)18(11)7-13(19)21-3/h4,6,11H,5,7H2,1-3H3,(H3,16,17,20,22). The van der Waals surface area contributed by atoms with E-state index in [0.29, 0.717) is 5.70 Å². The highest BCUT2D eigenvalue weighted by Crippen LogP contribution is 2.36. The first-order valence-electron chi connectivity index (χ1n) is 6.89. The van der Waals surface area contributed by atoms with Gasteiger partial charge >= 0.3 is 5.97 Å². The first kappa shape index (κ1) is 16.2. The van der Waals surface area contributed by atoms with E-state index >= 15 is 0 Å². The van der Waals surface area contributed by atoms with E-state index in [1.54, 1.807) is 11.0 Å². The van der Waals surface area contributed by atoms with Gasteiger partial charge in [-0.05, 0) is 49.7 Å². The molecule has 0 aromatic carbocycles. The van der Waals surface area contributed by atoms with E-state index in [9.17, 15) is 9.59 Å². The molecule has 0 saturated carbocycles. The number of hydrogen-bond acceptors (Lipinski definition) is 5. The number of allylic oxidation sites excluding steroid dienone is 2. The minimum atomic E-state index is -0.413. The van der Waals surface area contributed by atoms with Crippen molar-refractivity contribution in [3.63, 3.8) is 0 Å². The van der Waals surface area contributed by atoms with Gasteiger partial charge in [0.25, 0.3) is 5.91 Å². The molecule has 0 bridgehead atoms. The zero-order chi connectivity index (χ0) is 16.4. The van der Waals surface area contributed by atoms with Crippen molar-refractivity contribution < 1.29 is 14.3 Å². The molecule has 7 heteroatoms. The van der Waals surface area contributed by atoms with Crippen LogP contribution in [-0.2, 0) is 14.3 Å². The average Bonchev–Trinajstić information content (AvgIpc) is 2.81. The lowest BCUT2D eigenvalue weighted by molar-refractivity contribution is -0.141. The van der Waals surface area contributed by atoms with Crippen molar-refractivity contribution in [2.75, 3.05) is 13.7 Å². The molecule has 1 atom stereocenters. The van der Waals surface area contributed by atoms with Crippen LogP contribution < -0.4 is 11.1 Å². The van der Waals surface area contributed by atoms with Gasteiger partial charge in [0.2, 0.25) is 0 Å². The molecular weight excluding hydrogens is 302 g/mol. The van der Waals surface area contributed by atoms with Crippen LogP contribution in [-0.4, -0.2) is 41.6 Å². The Labute approximate surface area is 134 Å². The van der Waals surface area contributed by atoms with E-state index in [2.05, 4.69) is 11.4 Å². The van der Waals surface area contributed by atoms with Gasteiger partial charge in [0, 0.05) is 0 Å². The fourth-order valence-corrected chi connectivity index (χ4v) is 2.81. The van der Waals surface area contributed by atoms with Gasteiger partial charge in [-0.1, -0.05) is 11.6 Å². The van der Waals surface area contributed by atoms with Gasteiger partial charge in [-0.2, -0.15) is 0 Å². The second-order valence-electron chi connectivity index (χ2n) is 5.27. The van der Waals surface area contributed by atoms with Gasteiger partial charge in [-0.3, -0.25) is 14.9 Å². The fraction of sp³-hybridized carbons (Fsp3) is 0.400. The molecule has 1 aliphatic heterocycles. The number of hydrogen-bond donors (Lipinski definition) is 2. The molecule has 22 heavy (non-hydrogen) atoms. The number of ether oxygens (including phenoxy) is 1. The number of nitrogens with one attached hydrogen (secondary N) is 1. The normalized spacial score (nSPS) is 20.1. The number of rotatable bonds is 3. The van der Waals surface area contributed by atoms with Gasteiger partial charge < -0.3 is 15.4 Å². The van der Waals surface area contributed by atoms with Crippen molar-refractivity contribution in [1.82, 2.24) is 10.2 Å². The Morgan fingerprint density at radius 1 is 1.50 bits per heavy atom. The summed E-state index contributed by atoms with van der Waals surface area (Å²) in [6.45, 7) is 4.04. The van der Waals surface area contributed by atoms with Crippen molar-refractivity contribution in [1.29, 1.82) is 0 Å². The lowest BCUT2D eigenvalue weighted by Gasteiger charge is -2.30. The molecule has 1 unspecified atom stereocenters. The number of carbonyl (C=O) groups excluding carboxylic acids is 2. The maximum atomic E-state index is 12.3. The summed E-state index contributed by atoms with van der Waals surface area (Å²) in [7, 11) is 1.32. The van der Waals surface area contributed by atoms with E-state index < -0.39 is 11.9 Å². The largest absolute Gasteiger partial charge is 0.468 e. The third-order valence-corrected chi connectivity index (χ3v) is 4.11. The highest BCUT2D eigenvalue weighted by Gasteiger charge is 2.37. The third-order valence-electron chi connectivity index (χ3n) is 4.01. The average molecular weight is 321 g/mol. The van der Waals surface area contributed by atoms with Crippen LogP contribution in [0.25, 0.3) is 0 Å². The summed E-state index contributed by atoms with van der Waals surface area (Å²) in [5.41, 5.74) is 9.08. The summed E-state index contributed by atoms with van der Waals surface area (Å²) < 4.78 is 4.73. The van der Waals surface area contributed by atoms with Crippen molar-refractivity contribution >= 4 is 29.2 Å². The summed E-state index contributed by atoms with van der Waals surface area (Å²) in [5.74, 6) is -0.817. The molecule has 2 aliphatic rings. The topological polar surface area (TPSA) is 84.7 Å². The minimum absolute atomic E-state index is 0.00141. The number of amides is 1. The van der Waals surface area contributed by atoms with Crippen molar-refractivity contribution in [2.24, 2.45) is 5.73 Å². The SMILES string of the molecule is COC(=O)CN1C(C(=O)NC(N)=S)=CC2=C(C)C(C)=CCC21. The Bertz CT molecular complexity index is 634. The van der Waals surface area contributed by atoms with Crippen molar-refractivity contribution in [2.45, 2.75) is 26.3 Å². The molecular formula is C15H19N3O3S. The Morgan fingerprint density at radius 3 is 2.77 bits per heavy atom. The van der Waals surface area contributed by atoms with E-state index in [0.717, 1.165) is 17.6 Å². The molecule has 3 N–H and O–H groups in total. The predicted molar refractivity (Wildman–Crippen MR) is 86.6 cm³/mol. The number of carbonyl (C=O) groups is 2. The zero-order valence-electron chi connectivity index (χ0n) is 12.8. The number of methoxy groups -OCH3 is 1. The molecule has 0 aromatic heterocycles. The second kappa shape index (κ2) is 6.31. The lowest BCUT2D eigenvalue weighted by atomic mass is 9.90. The summed E-state index contributed by atoms with van der Waals surface area (Å²) in [4.78, 5) is 25.7. The molecule has 0 aromatic rings. The molecule has 1 heterocycles. The molecule has 2 rings (SSSR count). The zero-order valence-corrected chi connectivity index (χ0v) is 13.6. The third kappa shape index (κ3) is 3.04. The highest BCUT2D eigenvalue weighted by molar-refractivity contribution is 7.80. The second-order valence-corrected chi connectivity index (χ2v) is 5.71. The van der Waals surface area contributed by atoms with Crippen LogP contribution in [0.1, 0.15) is 20.3 Å². The quantitative estimate of drug-likeness (QED) is 0.589. The molecule has 118 valence electrons. The van der Waals surface area contributed by atoms with Crippen LogP contribution in [0.4, 0.5) is 0 Å². The number of fused-ring (bicyclic) bond motifs is 1. The van der Waals surface area contributed by atoms with Gasteiger partial charge in [-0.25, -0.2) is 0 Å². The van der Waals surface area contributed by atoms with Crippen LogP contribution in [0.15, 0.2) is 34.6 Å². The fourth-order valence-electron chi connectivity index (χ4n) is 2.71. The number of esters is 1. The Hall–Kier alpha value is -2.15. The number of nitrogens with two attached hydrogens (primary N) is 1. The van der Waals surface area contributed by atoms with Crippen LogP contribution in [0.3, 0.4) is 0 Å². The molecule has 0 spiro atoms. The maximum absolute atomic E-state index is 12.3. The van der Waals surface area contributed by atoms with Gasteiger partial charge in [0.15, 0.2) is 5.11 Å². The lowest BCUT2D eigenvalue weighted by Crippen LogP contribution is -2.43. The smallest absolute Gasteiger partial charge is 0.325 e. The molecule has 0 saturated heterocycles. The highest BCUT2D eigenvalue weighted by atomic mass is 32.1. The van der Waals surface area contributed by atoms with Gasteiger partial charge in [-0.15, -0.1) is 0 Å². The van der Waals surface area contributed by atoms with Crippen LogP contribution >= 0.6 is 12.2 Å². The number of thiocarbonyl (C=S) groups is 1. The monoisotopic (exact) mass is 321 g/mol. The maximum Gasteiger partial charge on any atom is 0.325 e. The molecule has 1 amide bonds. The van der Waals surface area contributed by atoms with Crippen molar-refractivity contribution in [3.8, 4) is 0 Å². The minimum Gasteiger partial charge on any atom is -0.468 e. The first-order chi connectivity index (χ1) is 10.3. The van der Waals surface area contributed by atoms with E-state index in [1.165, 1.54) is 12.7 Å². The predicted octanol–water partition coefficient (Wildman–Crippen LogP) is 0.754. The van der Waals surface area contributed by atoms with Crippen LogP contribution in [0.5, 0.6) is 0 Å². The summed E-state index contributed by atoms with van der Waals surface area (Å²) in [6, 6.07) is -0.0464. The molecule has 6 nitrogen and oxygen atoms in total. The van der Waals surface area contributed by atoms with Gasteiger partial charge in [0.1, 0.15) is 12.2 Å². The Balaban J connectivity index is 2.38. The van der Waals surface area contributed by atoms with Crippen LogP contribution in [0, 0.1) is 0 Å². The Morgan fingerprint density at radius 2 is 2.18 bits per heavy atom. The van der Waals surface area contributed by atoms with Crippen LogP contribution in [0.2, 0.25) is 0 Å². The molecule has 1 aliphatic carbocycles.